The molecule has 0 saturated carbocycles. The van der Waals surface area contributed by atoms with E-state index in [0.717, 1.165) is 22.3 Å². The summed E-state index contributed by atoms with van der Waals surface area (Å²) in [6, 6.07) is 16.0. The van der Waals surface area contributed by atoms with Crippen molar-refractivity contribution < 1.29 is 19.4 Å². The van der Waals surface area contributed by atoms with Crippen molar-refractivity contribution in [3.05, 3.63) is 88.7 Å². The molecular weight excluding hydrogens is 440 g/mol. The molecule has 0 saturated heterocycles. The summed E-state index contributed by atoms with van der Waals surface area (Å²) in [5.74, 6) is 6.43. The predicted octanol–water partition coefficient (Wildman–Crippen LogP) is 4.16. The first kappa shape index (κ1) is 24.2. The van der Waals surface area contributed by atoms with Gasteiger partial charge in [-0.25, -0.2) is 0 Å². The number of aromatic nitrogens is 1. The van der Waals surface area contributed by atoms with Crippen LogP contribution in [-0.4, -0.2) is 33.4 Å². The number of hydrogen-bond acceptors (Lipinski definition) is 5. The van der Waals surface area contributed by atoms with E-state index >= 15 is 0 Å². The molecule has 6 nitrogen and oxygen atoms in total. The third kappa shape index (κ3) is 6.56. The Hall–Kier alpha value is -3.95. The number of carbonyl (C=O) groups is 2. The maximum absolute atomic E-state index is 13.0. The molecule has 2 N–H and O–H groups in total. The largest absolute Gasteiger partial charge is 0.457 e. The second-order valence-electron chi connectivity index (χ2n) is 9.29. The quantitative estimate of drug-likeness (QED) is 0.443. The van der Waals surface area contributed by atoms with Gasteiger partial charge in [-0.1, -0.05) is 35.6 Å². The fraction of sp³-hybridized carbons (Fsp3) is 0.276. The molecule has 35 heavy (non-hydrogen) atoms. The fourth-order valence-corrected chi connectivity index (χ4v) is 3.84. The van der Waals surface area contributed by atoms with Crippen LogP contribution in [-0.2, 0) is 17.6 Å². The first-order valence-corrected chi connectivity index (χ1v) is 11.6. The van der Waals surface area contributed by atoms with Gasteiger partial charge >= 0.3 is 0 Å². The summed E-state index contributed by atoms with van der Waals surface area (Å²) in [7, 11) is 0. The maximum atomic E-state index is 13.0. The highest BCUT2D eigenvalue weighted by Crippen LogP contribution is 2.23. The number of ketones is 1. The molecule has 3 aromatic rings. The number of nitrogens with one attached hydrogen (secondary N) is 1. The number of nitrogens with zero attached hydrogens (tertiary/aromatic N) is 1. The number of amides is 1. The van der Waals surface area contributed by atoms with E-state index in [2.05, 4.69) is 22.1 Å². The number of ether oxygens (including phenoxy) is 1. The molecule has 1 heterocycles. The molecule has 0 unspecified atom stereocenters. The average molecular weight is 469 g/mol. The van der Waals surface area contributed by atoms with Crippen LogP contribution in [0.25, 0.3) is 0 Å². The fourth-order valence-electron chi connectivity index (χ4n) is 3.84. The number of fused-ring (bicyclic) bond motifs is 1. The summed E-state index contributed by atoms with van der Waals surface area (Å²) in [5, 5.41) is 12.7. The summed E-state index contributed by atoms with van der Waals surface area (Å²) in [6.07, 6.45) is 2.89. The monoisotopic (exact) mass is 468 g/mol. The van der Waals surface area contributed by atoms with Crippen molar-refractivity contribution in [3.63, 3.8) is 0 Å². The van der Waals surface area contributed by atoms with Crippen LogP contribution >= 0.6 is 0 Å². The van der Waals surface area contributed by atoms with Crippen LogP contribution in [0.4, 0.5) is 0 Å². The van der Waals surface area contributed by atoms with Crippen molar-refractivity contribution in [1.29, 1.82) is 0 Å². The Morgan fingerprint density at radius 1 is 1.09 bits per heavy atom. The third-order valence-electron chi connectivity index (χ3n) is 5.70. The number of aliphatic hydroxyl groups is 1. The van der Waals surface area contributed by atoms with E-state index in [-0.39, 0.29) is 17.9 Å². The van der Waals surface area contributed by atoms with E-state index < -0.39 is 17.6 Å². The number of rotatable bonds is 4. The molecule has 0 aliphatic heterocycles. The number of aryl methyl sites for hydroxylation is 2. The van der Waals surface area contributed by atoms with Crippen LogP contribution in [0.5, 0.6) is 11.5 Å². The van der Waals surface area contributed by atoms with E-state index in [9.17, 15) is 14.7 Å². The Morgan fingerprint density at radius 2 is 1.86 bits per heavy atom. The van der Waals surface area contributed by atoms with Crippen molar-refractivity contribution >= 4 is 11.7 Å². The van der Waals surface area contributed by atoms with E-state index in [1.807, 2.05) is 49.4 Å². The number of carbonyl (C=O) groups excluding carboxylic acids is 2. The second kappa shape index (κ2) is 10.1. The van der Waals surface area contributed by atoms with Gasteiger partial charge in [0.2, 0.25) is 0 Å². The number of Topliss-reactive ketones (excluding diaryl/α,β-unsaturated/α-hetero) is 1. The molecule has 4 rings (SSSR count). The summed E-state index contributed by atoms with van der Waals surface area (Å²) in [5.41, 5.74) is 2.94. The van der Waals surface area contributed by atoms with Gasteiger partial charge < -0.3 is 15.2 Å². The molecule has 1 aliphatic carbocycles. The second-order valence-corrected chi connectivity index (χ2v) is 9.29. The molecule has 0 fully saturated rings. The molecule has 2 aromatic carbocycles. The van der Waals surface area contributed by atoms with Gasteiger partial charge in [0.25, 0.3) is 5.91 Å². The van der Waals surface area contributed by atoms with Crippen LogP contribution in [0.2, 0.25) is 0 Å². The van der Waals surface area contributed by atoms with Crippen molar-refractivity contribution in [1.82, 2.24) is 10.3 Å². The van der Waals surface area contributed by atoms with Gasteiger partial charge in [-0.15, -0.1) is 0 Å². The molecule has 178 valence electrons. The first-order chi connectivity index (χ1) is 16.7. The van der Waals surface area contributed by atoms with E-state index in [4.69, 9.17) is 4.74 Å². The molecule has 6 heteroatoms. The molecule has 1 amide bonds. The Kier molecular flexibility index (Phi) is 6.99. The van der Waals surface area contributed by atoms with Crippen molar-refractivity contribution in [2.24, 2.45) is 0 Å². The first-order valence-electron chi connectivity index (χ1n) is 11.6. The third-order valence-corrected chi connectivity index (χ3v) is 5.70. The summed E-state index contributed by atoms with van der Waals surface area (Å²) in [4.78, 5) is 30.0. The topological polar surface area (TPSA) is 88.5 Å². The van der Waals surface area contributed by atoms with E-state index in [1.165, 1.54) is 6.20 Å². The van der Waals surface area contributed by atoms with Gasteiger partial charge in [0.15, 0.2) is 5.78 Å². The number of pyridine rings is 1. The smallest absolute Gasteiger partial charge is 0.270 e. The molecule has 1 aliphatic rings. The minimum atomic E-state index is -1.09. The van der Waals surface area contributed by atoms with Gasteiger partial charge in [0, 0.05) is 24.2 Å². The molecule has 1 aromatic heterocycles. The Balaban J connectivity index is 1.44. The minimum Gasteiger partial charge on any atom is -0.457 e. The standard InChI is InChI=1S/C29H28N2O4/c1-19-4-9-23(10-5-19)35-24-13-15-30-26(18-24)28(33)31-25-11-8-21-7-6-20(12-14-29(2,3)34)16-22(21)17-27(25)32/h4-7,9-10,13,15-16,18,25,34H,8,11,17H2,1-3H3,(H,31,33)/t25-/m0/s1. The van der Waals surface area contributed by atoms with Gasteiger partial charge in [-0.3, -0.25) is 14.6 Å². The molecule has 1 atom stereocenters. The van der Waals surface area contributed by atoms with Gasteiger partial charge in [0.1, 0.15) is 22.8 Å². The van der Waals surface area contributed by atoms with E-state index in [1.54, 1.807) is 26.0 Å². The summed E-state index contributed by atoms with van der Waals surface area (Å²) in [6.45, 7) is 5.25. The Bertz CT molecular complexity index is 1310. The average Bonchev–Trinajstić information content (AvgIpc) is 2.97. The highest BCUT2D eigenvalue weighted by Gasteiger charge is 2.26. The Morgan fingerprint density at radius 3 is 2.60 bits per heavy atom. The normalized spacial score (nSPS) is 15.3. The highest BCUT2D eigenvalue weighted by molar-refractivity contribution is 5.97. The number of benzene rings is 2. The molecular formula is C29H28N2O4. The van der Waals surface area contributed by atoms with Gasteiger partial charge in [0.05, 0.1) is 6.04 Å². The van der Waals surface area contributed by atoms with Crippen LogP contribution < -0.4 is 10.1 Å². The lowest BCUT2D eigenvalue weighted by atomic mass is 9.99. The lowest BCUT2D eigenvalue weighted by Gasteiger charge is -2.15. The van der Waals surface area contributed by atoms with Crippen LogP contribution in [0.15, 0.2) is 60.8 Å². The van der Waals surface area contributed by atoms with Crippen molar-refractivity contribution in [3.8, 4) is 23.3 Å². The number of hydrogen-bond donors (Lipinski definition) is 2. The lowest BCUT2D eigenvalue weighted by Crippen LogP contribution is -2.41. The Labute approximate surface area is 205 Å². The maximum Gasteiger partial charge on any atom is 0.270 e. The summed E-state index contributed by atoms with van der Waals surface area (Å²) < 4.78 is 5.84. The van der Waals surface area contributed by atoms with Crippen molar-refractivity contribution in [2.45, 2.75) is 51.7 Å². The zero-order valence-corrected chi connectivity index (χ0v) is 20.1. The molecule has 0 spiro atoms. The van der Waals surface area contributed by atoms with Gasteiger partial charge in [-0.2, -0.15) is 0 Å². The summed E-state index contributed by atoms with van der Waals surface area (Å²) >= 11 is 0. The SMILES string of the molecule is Cc1ccc(Oc2ccnc(C(=O)N[C@H]3CCc4ccc(C#CC(C)(C)O)cc4CC3=O)c2)cc1. The minimum absolute atomic E-state index is 0.0586. The van der Waals surface area contributed by atoms with Crippen LogP contribution in [0.1, 0.15) is 53.0 Å². The van der Waals surface area contributed by atoms with Gasteiger partial charge in [-0.05, 0) is 75.1 Å². The van der Waals surface area contributed by atoms with Crippen LogP contribution in [0.3, 0.4) is 0 Å². The zero-order chi connectivity index (χ0) is 25.0. The molecule has 0 bridgehead atoms. The highest BCUT2D eigenvalue weighted by atomic mass is 16.5. The van der Waals surface area contributed by atoms with E-state index in [0.29, 0.717) is 24.3 Å². The van der Waals surface area contributed by atoms with Crippen molar-refractivity contribution in [2.75, 3.05) is 0 Å². The molecule has 0 radical (unpaired) electrons. The lowest BCUT2D eigenvalue weighted by molar-refractivity contribution is -0.120. The zero-order valence-electron chi connectivity index (χ0n) is 20.1. The van der Waals surface area contributed by atoms with Crippen LogP contribution in [0, 0.1) is 18.8 Å². The predicted molar refractivity (Wildman–Crippen MR) is 133 cm³/mol.